The number of likely N-dealkylation sites (tertiary alicyclic amines) is 1. The van der Waals surface area contributed by atoms with E-state index in [9.17, 15) is 9.59 Å². The molecule has 4 saturated heterocycles. The lowest BCUT2D eigenvalue weighted by Crippen LogP contribution is -2.58. The number of piperidine rings is 2. The normalized spacial score (nSPS) is 30.3. The second kappa shape index (κ2) is 11.0. The first-order valence-corrected chi connectivity index (χ1v) is 14.4. The van der Waals surface area contributed by atoms with Crippen LogP contribution in [0, 0.1) is 0 Å². The Bertz CT molecular complexity index is 998. The predicted octanol–water partition coefficient (Wildman–Crippen LogP) is 3.79. The Morgan fingerprint density at radius 3 is 2.50 bits per heavy atom. The van der Waals surface area contributed by atoms with Crippen LogP contribution in [0.3, 0.4) is 0 Å². The number of benzene rings is 1. The lowest BCUT2D eigenvalue weighted by atomic mass is 9.68. The molecule has 3 atom stereocenters. The molecule has 2 unspecified atom stereocenters. The zero-order valence-corrected chi connectivity index (χ0v) is 22.5. The van der Waals surface area contributed by atoms with Gasteiger partial charge in [0.2, 0.25) is 0 Å². The van der Waals surface area contributed by atoms with Crippen molar-refractivity contribution >= 4 is 12.2 Å². The van der Waals surface area contributed by atoms with Gasteiger partial charge in [-0.3, -0.25) is 0 Å². The number of carbonyl (C=O) groups is 2. The Balaban J connectivity index is 0.00000308. The van der Waals surface area contributed by atoms with Crippen LogP contribution in [0.4, 0.5) is 9.59 Å². The Kier molecular flexibility index (Phi) is 7.51. The lowest BCUT2D eigenvalue weighted by Gasteiger charge is -2.51. The summed E-state index contributed by atoms with van der Waals surface area (Å²) < 4.78 is 21.7. The van der Waals surface area contributed by atoms with E-state index >= 15 is 0 Å². The van der Waals surface area contributed by atoms with Gasteiger partial charge in [-0.15, -0.1) is 0 Å². The molecule has 0 radical (unpaired) electrons. The third-order valence-electron chi connectivity index (χ3n) is 9.56. The fraction of sp³-hybridized carbons (Fsp3) is 0.724. The highest BCUT2D eigenvalue weighted by atomic mass is 16.6. The number of hydrogen-bond donors (Lipinski definition) is 0. The third kappa shape index (κ3) is 5.00. The number of methoxy groups -OCH3 is 1. The van der Waals surface area contributed by atoms with Crippen molar-refractivity contribution in [1.82, 2.24) is 14.7 Å². The molecule has 1 aromatic carbocycles. The minimum atomic E-state index is -0.252. The van der Waals surface area contributed by atoms with E-state index in [0.29, 0.717) is 39.0 Å². The molecule has 38 heavy (non-hydrogen) atoms. The van der Waals surface area contributed by atoms with Gasteiger partial charge in [-0.25, -0.2) is 9.59 Å². The standard InChI is InChI=1S/C29H41N3O6.H2/c1-35-14-15-37-27(33)31-18-21-4-2-3-5-26(21)29(20-31)9-11-30(12-10-29)24-16-22-6-7-23(17-24)32(22)28(34)38-25-8-13-36-19-25;/h2-5,22-25H,6-20H2,1H3;1H/t22?,23?,24?,25-;/m1./s1. The zero-order chi connectivity index (χ0) is 26.1. The molecule has 6 rings (SSSR count). The van der Waals surface area contributed by atoms with Crippen LogP contribution in [0.5, 0.6) is 0 Å². The van der Waals surface area contributed by atoms with Crippen molar-refractivity contribution in [3.63, 3.8) is 0 Å². The summed E-state index contributed by atoms with van der Waals surface area (Å²) in [5.41, 5.74) is 2.58. The first-order chi connectivity index (χ1) is 18.6. The number of fused-ring (bicyclic) bond motifs is 4. The molecular formula is C29H43N3O6. The second-order valence-electron chi connectivity index (χ2n) is 11.7. The summed E-state index contributed by atoms with van der Waals surface area (Å²) in [6.45, 7) is 5.20. The van der Waals surface area contributed by atoms with E-state index in [1.54, 1.807) is 7.11 Å². The summed E-state index contributed by atoms with van der Waals surface area (Å²) in [4.78, 5) is 32.4. The Hall–Kier alpha value is -2.36. The van der Waals surface area contributed by atoms with Crippen LogP contribution in [0.25, 0.3) is 0 Å². The molecule has 1 aromatic rings. The van der Waals surface area contributed by atoms with Crippen LogP contribution >= 0.6 is 0 Å². The molecular weight excluding hydrogens is 486 g/mol. The minimum absolute atomic E-state index is 0. The second-order valence-corrected chi connectivity index (χ2v) is 11.7. The van der Waals surface area contributed by atoms with Gasteiger partial charge in [0.1, 0.15) is 12.7 Å². The lowest BCUT2D eigenvalue weighted by molar-refractivity contribution is 0.00431. The Morgan fingerprint density at radius 2 is 1.79 bits per heavy atom. The van der Waals surface area contributed by atoms with Crippen molar-refractivity contribution in [3.8, 4) is 0 Å². The Labute approximate surface area is 226 Å². The van der Waals surface area contributed by atoms with E-state index in [0.717, 1.165) is 58.0 Å². The van der Waals surface area contributed by atoms with E-state index in [1.165, 1.54) is 11.1 Å². The summed E-state index contributed by atoms with van der Waals surface area (Å²) in [7, 11) is 1.61. The summed E-state index contributed by atoms with van der Waals surface area (Å²) in [6.07, 6.45) is 6.55. The van der Waals surface area contributed by atoms with Gasteiger partial charge in [-0.2, -0.15) is 0 Å². The molecule has 2 bridgehead atoms. The van der Waals surface area contributed by atoms with Crippen LogP contribution in [-0.4, -0.2) is 104 Å². The molecule has 9 nitrogen and oxygen atoms in total. The first kappa shape index (κ1) is 25.9. The largest absolute Gasteiger partial charge is 0.447 e. The van der Waals surface area contributed by atoms with Crippen LogP contribution in [-0.2, 0) is 30.9 Å². The quantitative estimate of drug-likeness (QED) is 0.537. The maximum Gasteiger partial charge on any atom is 0.410 e. The SMILES string of the molecule is COCCOC(=O)N1Cc2ccccc2C2(CCN(C3CC4CCC(C3)N4C(=O)O[C@@H]3CCOC3)CC2)C1.[HH]. The fourth-order valence-electron chi connectivity index (χ4n) is 7.62. The molecule has 0 saturated carbocycles. The summed E-state index contributed by atoms with van der Waals surface area (Å²) in [5, 5.41) is 0. The van der Waals surface area contributed by atoms with Crippen molar-refractivity contribution in [2.75, 3.05) is 53.2 Å². The number of nitrogens with zero attached hydrogens (tertiary/aromatic N) is 3. The average molecular weight is 530 g/mol. The van der Waals surface area contributed by atoms with Crippen molar-refractivity contribution in [2.24, 2.45) is 0 Å². The van der Waals surface area contributed by atoms with Crippen LogP contribution in [0.1, 0.15) is 57.5 Å². The molecule has 5 aliphatic heterocycles. The highest BCUT2D eigenvalue weighted by molar-refractivity contribution is 5.70. The molecule has 2 amide bonds. The Morgan fingerprint density at radius 1 is 1.03 bits per heavy atom. The smallest absolute Gasteiger partial charge is 0.410 e. The average Bonchev–Trinajstić information content (AvgIpc) is 3.54. The van der Waals surface area contributed by atoms with E-state index in [2.05, 4.69) is 29.2 Å². The molecule has 4 fully saturated rings. The van der Waals surface area contributed by atoms with Crippen molar-refractivity contribution < 1.29 is 30.0 Å². The molecule has 210 valence electrons. The number of ether oxygens (including phenoxy) is 4. The molecule has 0 N–H and O–H groups in total. The number of carbonyl (C=O) groups excluding carboxylic acids is 2. The van der Waals surface area contributed by atoms with Gasteiger partial charge in [0, 0.05) is 51.6 Å². The van der Waals surface area contributed by atoms with E-state index in [4.69, 9.17) is 18.9 Å². The highest BCUT2D eigenvalue weighted by Crippen LogP contribution is 2.44. The topological polar surface area (TPSA) is 80.8 Å². The summed E-state index contributed by atoms with van der Waals surface area (Å²) >= 11 is 0. The van der Waals surface area contributed by atoms with Crippen LogP contribution < -0.4 is 0 Å². The van der Waals surface area contributed by atoms with Gasteiger partial charge >= 0.3 is 12.2 Å². The number of hydrogen-bond acceptors (Lipinski definition) is 7. The van der Waals surface area contributed by atoms with Crippen molar-refractivity contribution in [2.45, 2.75) is 81.1 Å². The van der Waals surface area contributed by atoms with Gasteiger partial charge in [0.25, 0.3) is 0 Å². The zero-order valence-electron chi connectivity index (χ0n) is 22.5. The maximum absolute atomic E-state index is 13.0. The van der Waals surface area contributed by atoms with Gasteiger partial charge in [0.05, 0.1) is 19.8 Å². The third-order valence-corrected chi connectivity index (χ3v) is 9.56. The monoisotopic (exact) mass is 529 g/mol. The molecule has 9 heteroatoms. The van der Waals surface area contributed by atoms with Crippen LogP contribution in [0.2, 0.25) is 0 Å². The molecule has 5 heterocycles. The fourth-order valence-corrected chi connectivity index (χ4v) is 7.62. The van der Waals surface area contributed by atoms with Gasteiger partial charge in [0.15, 0.2) is 0 Å². The van der Waals surface area contributed by atoms with Gasteiger partial charge < -0.3 is 33.6 Å². The summed E-state index contributed by atoms with van der Waals surface area (Å²) in [6, 6.07) is 9.66. The maximum atomic E-state index is 13.0. The number of rotatable bonds is 5. The van der Waals surface area contributed by atoms with Crippen molar-refractivity contribution in [3.05, 3.63) is 35.4 Å². The van der Waals surface area contributed by atoms with E-state index in [-0.39, 0.29) is 43.8 Å². The highest BCUT2D eigenvalue weighted by Gasteiger charge is 2.49. The van der Waals surface area contributed by atoms with E-state index < -0.39 is 0 Å². The van der Waals surface area contributed by atoms with Gasteiger partial charge in [-0.1, -0.05) is 24.3 Å². The molecule has 5 aliphatic rings. The first-order valence-electron chi connectivity index (χ1n) is 14.4. The molecule has 1 spiro atoms. The number of amides is 2. The summed E-state index contributed by atoms with van der Waals surface area (Å²) in [5.74, 6) is 0. The van der Waals surface area contributed by atoms with Gasteiger partial charge in [-0.05, 0) is 62.7 Å². The van der Waals surface area contributed by atoms with Crippen LogP contribution in [0.15, 0.2) is 24.3 Å². The predicted molar refractivity (Wildman–Crippen MR) is 142 cm³/mol. The van der Waals surface area contributed by atoms with Crippen molar-refractivity contribution in [1.29, 1.82) is 0 Å². The molecule has 0 aromatic heterocycles. The minimum Gasteiger partial charge on any atom is -0.447 e. The van der Waals surface area contributed by atoms with E-state index in [1.807, 2.05) is 9.80 Å². The molecule has 0 aliphatic carbocycles.